The van der Waals surface area contributed by atoms with Crippen LogP contribution >= 0.6 is 27.3 Å². The monoisotopic (exact) mass is 298 g/mol. The maximum absolute atomic E-state index is 13.6. The van der Waals surface area contributed by atoms with Gasteiger partial charge in [-0.15, -0.1) is 0 Å². The first kappa shape index (κ1) is 11.5. The Labute approximate surface area is 105 Å². The number of hydrogen-bond acceptors (Lipinski definition) is 2. The third-order valence-electron chi connectivity index (χ3n) is 2.23. The third kappa shape index (κ3) is 2.08. The molecule has 2 rings (SSSR count). The van der Waals surface area contributed by atoms with Gasteiger partial charge in [0.05, 0.1) is 5.56 Å². The molecule has 0 saturated heterocycles. The summed E-state index contributed by atoms with van der Waals surface area (Å²) in [7, 11) is 0. The van der Waals surface area contributed by atoms with Crippen LogP contribution in [0.1, 0.15) is 21.5 Å². The van der Waals surface area contributed by atoms with Crippen molar-refractivity contribution in [2.45, 2.75) is 6.92 Å². The van der Waals surface area contributed by atoms with Gasteiger partial charge in [0.15, 0.2) is 5.78 Å². The van der Waals surface area contributed by atoms with Crippen molar-refractivity contribution in [1.29, 1.82) is 0 Å². The van der Waals surface area contributed by atoms with Crippen LogP contribution in [0, 0.1) is 12.7 Å². The molecule has 0 aliphatic heterocycles. The van der Waals surface area contributed by atoms with E-state index in [0.29, 0.717) is 10.0 Å². The number of carbonyl (C=O) groups excluding carboxylic acids is 1. The van der Waals surface area contributed by atoms with Gasteiger partial charge in [-0.05, 0) is 40.5 Å². The van der Waals surface area contributed by atoms with Gasteiger partial charge in [0, 0.05) is 20.8 Å². The van der Waals surface area contributed by atoms with Crippen LogP contribution in [0.2, 0.25) is 0 Å². The molecule has 82 valence electrons. The Bertz CT molecular complexity index is 548. The average molecular weight is 299 g/mol. The van der Waals surface area contributed by atoms with E-state index in [-0.39, 0.29) is 11.3 Å². The number of ketones is 1. The fourth-order valence-corrected chi connectivity index (χ4v) is 2.85. The smallest absolute Gasteiger partial charge is 0.197 e. The second kappa shape index (κ2) is 4.47. The van der Waals surface area contributed by atoms with E-state index in [4.69, 9.17) is 0 Å². The lowest BCUT2D eigenvalue weighted by molar-refractivity contribution is 0.103. The van der Waals surface area contributed by atoms with Crippen LogP contribution in [0.4, 0.5) is 4.39 Å². The quantitative estimate of drug-likeness (QED) is 0.760. The van der Waals surface area contributed by atoms with Crippen LogP contribution in [0.3, 0.4) is 0 Å². The lowest BCUT2D eigenvalue weighted by Crippen LogP contribution is -2.03. The van der Waals surface area contributed by atoms with E-state index in [2.05, 4.69) is 15.9 Å². The first-order chi connectivity index (χ1) is 7.59. The number of halogens is 2. The molecule has 0 atom stereocenters. The summed E-state index contributed by atoms with van der Waals surface area (Å²) in [6.07, 6.45) is 0. The van der Waals surface area contributed by atoms with Crippen LogP contribution in [0.25, 0.3) is 0 Å². The van der Waals surface area contributed by atoms with Crippen LogP contribution in [-0.2, 0) is 0 Å². The van der Waals surface area contributed by atoms with E-state index < -0.39 is 5.82 Å². The van der Waals surface area contributed by atoms with Gasteiger partial charge in [0.25, 0.3) is 0 Å². The first-order valence-corrected chi connectivity index (χ1v) is 6.35. The Morgan fingerprint density at radius 2 is 2.06 bits per heavy atom. The van der Waals surface area contributed by atoms with E-state index in [1.165, 1.54) is 23.5 Å². The number of thiophene rings is 1. The first-order valence-electron chi connectivity index (χ1n) is 4.62. The molecule has 0 radical (unpaired) electrons. The molecule has 0 N–H and O–H groups in total. The maximum Gasteiger partial charge on any atom is 0.197 e. The van der Waals surface area contributed by atoms with Gasteiger partial charge in [-0.2, -0.15) is 11.3 Å². The Morgan fingerprint density at radius 3 is 2.62 bits per heavy atom. The SMILES string of the molecule is Cc1ccc(C(=O)c2cscc2Br)c(F)c1. The van der Waals surface area contributed by atoms with E-state index in [1.807, 2.05) is 0 Å². The lowest BCUT2D eigenvalue weighted by Gasteiger charge is -2.02. The molecule has 1 nitrogen and oxygen atoms in total. The normalized spacial score (nSPS) is 10.4. The lowest BCUT2D eigenvalue weighted by atomic mass is 10.0. The molecule has 0 unspecified atom stereocenters. The minimum absolute atomic E-state index is 0.115. The standard InChI is InChI=1S/C12H8BrFOS/c1-7-2-3-8(11(14)4-7)12(15)9-5-16-6-10(9)13/h2-6H,1H3. The summed E-state index contributed by atoms with van der Waals surface area (Å²) in [5, 5.41) is 3.52. The molecule has 0 spiro atoms. The molecule has 0 aliphatic carbocycles. The van der Waals surface area contributed by atoms with Gasteiger partial charge < -0.3 is 0 Å². The number of aryl methyl sites for hydroxylation is 1. The van der Waals surface area contributed by atoms with Gasteiger partial charge in [0.1, 0.15) is 5.82 Å². The number of benzene rings is 1. The average Bonchev–Trinajstić information content (AvgIpc) is 2.63. The highest BCUT2D eigenvalue weighted by molar-refractivity contribution is 9.10. The number of rotatable bonds is 2. The Balaban J connectivity index is 2.46. The van der Waals surface area contributed by atoms with Gasteiger partial charge in [-0.3, -0.25) is 4.79 Å². The predicted octanol–water partition coefficient (Wildman–Crippen LogP) is 4.19. The summed E-state index contributed by atoms with van der Waals surface area (Å²) in [6.45, 7) is 1.79. The van der Waals surface area contributed by atoms with Crippen molar-refractivity contribution >= 4 is 33.0 Å². The summed E-state index contributed by atoms with van der Waals surface area (Å²) >= 11 is 4.68. The van der Waals surface area contributed by atoms with E-state index in [1.54, 1.807) is 23.8 Å². The minimum Gasteiger partial charge on any atom is -0.288 e. The Morgan fingerprint density at radius 1 is 1.31 bits per heavy atom. The van der Waals surface area contributed by atoms with Gasteiger partial charge >= 0.3 is 0 Å². The van der Waals surface area contributed by atoms with E-state index >= 15 is 0 Å². The van der Waals surface area contributed by atoms with E-state index in [9.17, 15) is 9.18 Å². The fourth-order valence-electron chi connectivity index (χ4n) is 1.39. The minimum atomic E-state index is -0.469. The molecule has 16 heavy (non-hydrogen) atoms. The number of carbonyl (C=O) groups is 1. The summed E-state index contributed by atoms with van der Waals surface area (Å²) in [6, 6.07) is 4.63. The van der Waals surface area contributed by atoms with Crippen molar-refractivity contribution in [3.05, 3.63) is 55.9 Å². The van der Waals surface area contributed by atoms with Crippen molar-refractivity contribution in [2.24, 2.45) is 0 Å². The van der Waals surface area contributed by atoms with Gasteiger partial charge in [-0.1, -0.05) is 6.07 Å². The topological polar surface area (TPSA) is 17.1 Å². The molecule has 0 amide bonds. The molecule has 1 aromatic heterocycles. The highest BCUT2D eigenvalue weighted by atomic mass is 79.9. The van der Waals surface area contributed by atoms with E-state index in [0.717, 1.165) is 5.56 Å². The molecule has 4 heteroatoms. The molecular formula is C12H8BrFOS. The molecule has 0 saturated carbocycles. The zero-order valence-corrected chi connectivity index (χ0v) is 10.9. The molecule has 1 heterocycles. The predicted molar refractivity (Wildman–Crippen MR) is 66.6 cm³/mol. The van der Waals surface area contributed by atoms with Crippen molar-refractivity contribution < 1.29 is 9.18 Å². The van der Waals surface area contributed by atoms with Crippen LogP contribution < -0.4 is 0 Å². The summed E-state index contributed by atoms with van der Waals surface area (Å²) in [4.78, 5) is 12.0. The second-order valence-electron chi connectivity index (χ2n) is 3.45. The highest BCUT2D eigenvalue weighted by Crippen LogP contribution is 2.25. The largest absolute Gasteiger partial charge is 0.288 e. The molecule has 0 bridgehead atoms. The van der Waals surface area contributed by atoms with Crippen molar-refractivity contribution in [3.63, 3.8) is 0 Å². The third-order valence-corrected chi connectivity index (χ3v) is 3.93. The van der Waals surface area contributed by atoms with Crippen LogP contribution in [0.5, 0.6) is 0 Å². The molecular weight excluding hydrogens is 291 g/mol. The molecule has 2 aromatic rings. The highest BCUT2D eigenvalue weighted by Gasteiger charge is 2.16. The van der Waals surface area contributed by atoms with Crippen molar-refractivity contribution in [1.82, 2.24) is 0 Å². The molecule has 0 fully saturated rings. The maximum atomic E-state index is 13.6. The van der Waals surface area contributed by atoms with Crippen LogP contribution in [0.15, 0.2) is 33.4 Å². The zero-order valence-electron chi connectivity index (χ0n) is 8.46. The zero-order chi connectivity index (χ0) is 11.7. The molecule has 0 aliphatic rings. The van der Waals surface area contributed by atoms with Crippen molar-refractivity contribution in [2.75, 3.05) is 0 Å². The fraction of sp³-hybridized carbons (Fsp3) is 0.0833. The Kier molecular flexibility index (Phi) is 3.21. The second-order valence-corrected chi connectivity index (χ2v) is 5.04. The summed E-state index contributed by atoms with van der Waals surface area (Å²) in [5.41, 5.74) is 1.43. The Hall–Kier alpha value is -1.000. The van der Waals surface area contributed by atoms with Crippen molar-refractivity contribution in [3.8, 4) is 0 Å². The van der Waals surface area contributed by atoms with Crippen LogP contribution in [-0.4, -0.2) is 5.78 Å². The van der Waals surface area contributed by atoms with Gasteiger partial charge in [-0.25, -0.2) is 4.39 Å². The molecule has 1 aromatic carbocycles. The van der Waals surface area contributed by atoms with Gasteiger partial charge in [0.2, 0.25) is 0 Å². The summed E-state index contributed by atoms with van der Waals surface area (Å²) in [5.74, 6) is -0.756. The summed E-state index contributed by atoms with van der Waals surface area (Å²) < 4.78 is 14.3. The number of hydrogen-bond donors (Lipinski definition) is 0.